The van der Waals surface area contributed by atoms with Gasteiger partial charge in [0.1, 0.15) is 5.82 Å². The first-order valence-electron chi connectivity index (χ1n) is 6.77. The molecule has 4 nitrogen and oxygen atoms in total. The molecule has 5 heteroatoms. The van der Waals surface area contributed by atoms with Gasteiger partial charge >= 0.3 is 0 Å². The minimum Gasteiger partial charge on any atom is -0.378 e. The van der Waals surface area contributed by atoms with E-state index in [0.29, 0.717) is 18.7 Å². The number of amides is 1. The van der Waals surface area contributed by atoms with Crippen LogP contribution < -0.4 is 0 Å². The number of benzene rings is 1. The lowest BCUT2D eigenvalue weighted by atomic mass is 9.91. The molecule has 1 aliphatic rings. The molecule has 21 heavy (non-hydrogen) atoms. The average molecular weight is 286 g/mol. The third kappa shape index (κ3) is 2.78. The second-order valence-electron chi connectivity index (χ2n) is 5.17. The van der Waals surface area contributed by atoms with Crippen molar-refractivity contribution < 1.29 is 14.3 Å². The lowest BCUT2D eigenvalue weighted by Gasteiger charge is -2.40. The van der Waals surface area contributed by atoms with E-state index in [1.54, 1.807) is 17.3 Å². The van der Waals surface area contributed by atoms with Crippen molar-refractivity contribution in [3.8, 4) is 0 Å². The van der Waals surface area contributed by atoms with Crippen LogP contribution in [-0.4, -0.2) is 34.0 Å². The van der Waals surface area contributed by atoms with Gasteiger partial charge in [0, 0.05) is 31.4 Å². The van der Waals surface area contributed by atoms with Crippen LogP contribution >= 0.6 is 0 Å². The first kappa shape index (κ1) is 13.7. The van der Waals surface area contributed by atoms with Crippen molar-refractivity contribution in [2.24, 2.45) is 0 Å². The van der Waals surface area contributed by atoms with Gasteiger partial charge in [-0.1, -0.05) is 12.1 Å². The molecule has 1 amide bonds. The summed E-state index contributed by atoms with van der Waals surface area (Å²) in [6, 6.07) is 9.20. The smallest absolute Gasteiger partial charge is 0.256 e. The fourth-order valence-electron chi connectivity index (χ4n) is 2.47. The molecular formula is C16H15FN2O2. The van der Waals surface area contributed by atoms with Crippen molar-refractivity contribution in [2.45, 2.75) is 12.0 Å². The monoisotopic (exact) mass is 286 g/mol. The molecule has 1 saturated heterocycles. The number of rotatable bonds is 3. The van der Waals surface area contributed by atoms with Gasteiger partial charge in [0.05, 0.1) is 0 Å². The largest absolute Gasteiger partial charge is 0.378 e. The van der Waals surface area contributed by atoms with Crippen LogP contribution in [0.5, 0.6) is 0 Å². The third-order valence-corrected chi connectivity index (χ3v) is 3.79. The Hall–Kier alpha value is -2.27. The molecule has 2 heterocycles. The van der Waals surface area contributed by atoms with Crippen LogP contribution in [0.25, 0.3) is 0 Å². The third-order valence-electron chi connectivity index (χ3n) is 3.79. The van der Waals surface area contributed by atoms with E-state index < -0.39 is 6.10 Å². The number of halogens is 1. The molecule has 0 bridgehead atoms. The first-order chi connectivity index (χ1) is 10.1. The minimum atomic E-state index is -1.23. The van der Waals surface area contributed by atoms with E-state index in [2.05, 4.69) is 4.98 Å². The molecule has 1 aliphatic heterocycles. The maximum atomic E-state index is 12.8. The molecule has 1 fully saturated rings. The molecule has 0 aliphatic carbocycles. The Morgan fingerprint density at radius 3 is 2.43 bits per heavy atom. The van der Waals surface area contributed by atoms with Gasteiger partial charge in [0.25, 0.3) is 5.91 Å². The number of carbonyl (C=O) groups excluding carboxylic acids is 1. The van der Waals surface area contributed by atoms with Crippen LogP contribution in [0.2, 0.25) is 0 Å². The number of aliphatic hydroxyl groups excluding tert-OH is 1. The molecule has 0 spiro atoms. The summed E-state index contributed by atoms with van der Waals surface area (Å²) in [5.41, 5.74) is 1.55. The Bertz CT molecular complexity index is 624. The first-order valence-corrected chi connectivity index (χ1v) is 6.77. The molecule has 2 aromatic rings. The number of pyridine rings is 1. The summed E-state index contributed by atoms with van der Waals surface area (Å²) in [6.07, 6.45) is 2.23. The lowest BCUT2D eigenvalue weighted by Crippen LogP contribution is -2.50. The quantitative estimate of drug-likeness (QED) is 0.937. The number of aromatic nitrogens is 1. The molecule has 1 N–H and O–H groups in total. The summed E-state index contributed by atoms with van der Waals surface area (Å²) in [4.78, 5) is 17.7. The molecule has 0 radical (unpaired) electrons. The molecule has 108 valence electrons. The maximum Gasteiger partial charge on any atom is 0.256 e. The average Bonchev–Trinajstić information content (AvgIpc) is 2.47. The van der Waals surface area contributed by atoms with Gasteiger partial charge in [-0.3, -0.25) is 9.78 Å². The van der Waals surface area contributed by atoms with Crippen molar-refractivity contribution >= 4 is 5.91 Å². The molecule has 1 atom stereocenters. The number of hydrogen-bond donors (Lipinski definition) is 1. The van der Waals surface area contributed by atoms with Gasteiger partial charge < -0.3 is 10.0 Å². The van der Waals surface area contributed by atoms with Gasteiger partial charge in [-0.25, -0.2) is 4.39 Å². The fourth-order valence-corrected chi connectivity index (χ4v) is 2.47. The van der Waals surface area contributed by atoms with Crippen molar-refractivity contribution in [2.75, 3.05) is 13.1 Å². The van der Waals surface area contributed by atoms with Crippen molar-refractivity contribution in [1.29, 1.82) is 0 Å². The van der Waals surface area contributed by atoms with E-state index >= 15 is 0 Å². The Morgan fingerprint density at radius 2 is 1.81 bits per heavy atom. The van der Waals surface area contributed by atoms with Crippen molar-refractivity contribution in [1.82, 2.24) is 9.88 Å². The maximum absolute atomic E-state index is 12.8. The van der Waals surface area contributed by atoms with Gasteiger partial charge in [-0.05, 0) is 35.4 Å². The summed E-state index contributed by atoms with van der Waals surface area (Å²) in [7, 11) is 0. The molecule has 3 rings (SSSR count). The second kappa shape index (κ2) is 5.61. The summed E-state index contributed by atoms with van der Waals surface area (Å²) in [6.45, 7) is 1.17. The van der Waals surface area contributed by atoms with Crippen LogP contribution in [0.1, 0.15) is 23.1 Å². The van der Waals surface area contributed by atoms with Crippen LogP contribution in [0.3, 0.4) is 0 Å². The highest BCUT2D eigenvalue weighted by atomic mass is 19.1. The zero-order valence-electron chi connectivity index (χ0n) is 11.3. The summed E-state index contributed by atoms with van der Waals surface area (Å²) in [5, 5.41) is 10.0. The SMILES string of the molecule is O=C([C@@H](O)c1ccc(F)cc1)N1CC(c2ccncc2)C1. The second-order valence-corrected chi connectivity index (χ2v) is 5.17. The number of nitrogens with zero attached hydrogens (tertiary/aromatic N) is 2. The van der Waals surface area contributed by atoms with E-state index in [-0.39, 0.29) is 17.6 Å². The Kier molecular flexibility index (Phi) is 3.66. The van der Waals surface area contributed by atoms with E-state index in [1.807, 2.05) is 12.1 Å². The highest BCUT2D eigenvalue weighted by Crippen LogP contribution is 2.29. The minimum absolute atomic E-state index is 0.289. The highest BCUT2D eigenvalue weighted by molar-refractivity contribution is 5.83. The molecule has 0 unspecified atom stereocenters. The summed E-state index contributed by atoms with van der Waals surface area (Å²) >= 11 is 0. The number of aliphatic hydroxyl groups is 1. The van der Waals surface area contributed by atoms with Crippen LogP contribution in [0.15, 0.2) is 48.8 Å². The van der Waals surface area contributed by atoms with E-state index in [4.69, 9.17) is 0 Å². The predicted molar refractivity (Wildman–Crippen MR) is 74.9 cm³/mol. The zero-order chi connectivity index (χ0) is 14.8. The molecule has 1 aromatic carbocycles. The van der Waals surface area contributed by atoms with Crippen LogP contribution in [-0.2, 0) is 4.79 Å². The number of hydrogen-bond acceptors (Lipinski definition) is 3. The van der Waals surface area contributed by atoms with E-state index in [1.165, 1.54) is 24.3 Å². The Morgan fingerprint density at radius 1 is 1.19 bits per heavy atom. The highest BCUT2D eigenvalue weighted by Gasteiger charge is 2.35. The lowest BCUT2D eigenvalue weighted by molar-refractivity contribution is -0.145. The van der Waals surface area contributed by atoms with Gasteiger partial charge in [0.2, 0.25) is 0 Å². The summed E-state index contributed by atoms with van der Waals surface area (Å²) in [5.74, 6) is -0.440. The van der Waals surface area contributed by atoms with Gasteiger partial charge in [-0.2, -0.15) is 0 Å². The zero-order valence-corrected chi connectivity index (χ0v) is 11.3. The topological polar surface area (TPSA) is 53.4 Å². The Balaban J connectivity index is 1.61. The summed E-state index contributed by atoms with van der Waals surface area (Å²) < 4.78 is 12.8. The fraction of sp³-hybridized carbons (Fsp3) is 0.250. The van der Waals surface area contributed by atoms with Gasteiger partial charge in [0.15, 0.2) is 6.10 Å². The van der Waals surface area contributed by atoms with E-state index in [9.17, 15) is 14.3 Å². The normalized spacial score (nSPS) is 16.4. The van der Waals surface area contributed by atoms with Crippen LogP contribution in [0.4, 0.5) is 4.39 Å². The van der Waals surface area contributed by atoms with Crippen LogP contribution in [0, 0.1) is 5.82 Å². The van der Waals surface area contributed by atoms with Crippen molar-refractivity contribution in [3.05, 3.63) is 65.7 Å². The number of likely N-dealkylation sites (tertiary alicyclic amines) is 1. The predicted octanol–water partition coefficient (Wildman–Crippen LogP) is 1.88. The number of carbonyl (C=O) groups is 1. The Labute approximate surface area is 121 Å². The van der Waals surface area contributed by atoms with Crippen molar-refractivity contribution in [3.63, 3.8) is 0 Å². The standard InChI is InChI=1S/C16H15FN2O2/c17-14-3-1-12(2-4-14)15(20)16(21)19-9-13(10-19)11-5-7-18-8-6-11/h1-8,13,15,20H,9-10H2/t15-/m0/s1. The molecule has 0 saturated carbocycles. The van der Waals surface area contributed by atoms with E-state index in [0.717, 1.165) is 5.56 Å². The molecular weight excluding hydrogens is 271 g/mol. The molecule has 1 aromatic heterocycles. The van der Waals surface area contributed by atoms with Gasteiger partial charge in [-0.15, -0.1) is 0 Å².